The lowest BCUT2D eigenvalue weighted by Crippen LogP contribution is -2.51. The van der Waals surface area contributed by atoms with Gasteiger partial charge >= 0.3 is 0 Å². The van der Waals surface area contributed by atoms with Crippen LogP contribution < -0.4 is 10.6 Å². The van der Waals surface area contributed by atoms with Gasteiger partial charge in [0.2, 0.25) is 21.8 Å². The Hall–Kier alpha value is -1.93. The summed E-state index contributed by atoms with van der Waals surface area (Å²) in [5.41, 5.74) is 0.544. The molecule has 2 amide bonds. The van der Waals surface area contributed by atoms with E-state index in [2.05, 4.69) is 10.6 Å². The van der Waals surface area contributed by atoms with Crippen molar-refractivity contribution < 1.29 is 18.0 Å². The van der Waals surface area contributed by atoms with E-state index in [-0.39, 0.29) is 16.7 Å². The molecule has 0 aliphatic carbocycles. The molecule has 0 spiro atoms. The van der Waals surface area contributed by atoms with E-state index in [1.807, 2.05) is 0 Å². The topological polar surface area (TPSA) is 95.6 Å². The summed E-state index contributed by atoms with van der Waals surface area (Å²) in [5, 5.41) is 5.21. The van der Waals surface area contributed by atoms with E-state index >= 15 is 0 Å². The van der Waals surface area contributed by atoms with Gasteiger partial charge in [-0.1, -0.05) is 13.3 Å². The van der Waals surface area contributed by atoms with Crippen LogP contribution in [0.2, 0.25) is 0 Å². The number of hydrogen-bond donors (Lipinski definition) is 2. The van der Waals surface area contributed by atoms with Crippen molar-refractivity contribution in [1.82, 2.24) is 9.62 Å². The minimum atomic E-state index is -3.76. The summed E-state index contributed by atoms with van der Waals surface area (Å²) < 4.78 is 27.0. The molecule has 0 saturated carbocycles. The predicted octanol–water partition coefficient (Wildman–Crippen LogP) is 1.32. The van der Waals surface area contributed by atoms with E-state index in [4.69, 9.17) is 0 Å². The Morgan fingerprint density at radius 2 is 1.88 bits per heavy atom. The molecule has 0 radical (unpaired) electrons. The Balaban J connectivity index is 2.25. The van der Waals surface area contributed by atoms with Crippen molar-refractivity contribution in [2.45, 2.75) is 43.5 Å². The van der Waals surface area contributed by atoms with Gasteiger partial charge in [0.05, 0.1) is 4.90 Å². The first-order chi connectivity index (χ1) is 11.4. The third-order valence-corrected chi connectivity index (χ3v) is 5.99. The molecule has 1 aliphatic heterocycles. The number of carbonyl (C=O) groups excluding carboxylic acids is 2. The number of nitrogens with one attached hydrogen (secondary N) is 2. The highest BCUT2D eigenvalue weighted by Crippen LogP contribution is 2.26. The van der Waals surface area contributed by atoms with Crippen LogP contribution in [-0.2, 0) is 19.6 Å². The summed E-state index contributed by atoms with van der Waals surface area (Å²) in [6, 6.07) is 5.35. The normalized spacial score (nSPS) is 18.8. The van der Waals surface area contributed by atoms with E-state index in [0.717, 1.165) is 12.8 Å². The third-order valence-electron chi connectivity index (χ3n) is 4.07. The van der Waals surface area contributed by atoms with Crippen molar-refractivity contribution in [3.8, 4) is 0 Å². The van der Waals surface area contributed by atoms with Crippen LogP contribution >= 0.6 is 0 Å². The number of hydrogen-bond acceptors (Lipinski definition) is 4. The number of carbonyl (C=O) groups is 2. The zero-order valence-electron chi connectivity index (χ0n) is 13.9. The summed E-state index contributed by atoms with van der Waals surface area (Å²) in [5.74, 6) is -0.425. The Morgan fingerprint density at radius 3 is 2.46 bits per heavy atom. The van der Waals surface area contributed by atoms with Crippen LogP contribution in [0.4, 0.5) is 5.69 Å². The fraction of sp³-hybridized carbons (Fsp3) is 0.500. The van der Waals surface area contributed by atoms with Gasteiger partial charge in [-0.15, -0.1) is 0 Å². The highest BCUT2D eigenvalue weighted by Gasteiger charge is 2.37. The summed E-state index contributed by atoms with van der Waals surface area (Å²) in [6.45, 7) is 2.07. The number of anilines is 1. The van der Waals surface area contributed by atoms with Crippen LogP contribution in [0.5, 0.6) is 0 Å². The average molecular weight is 353 g/mol. The maximum atomic E-state index is 12.9. The van der Waals surface area contributed by atoms with Crippen LogP contribution in [0.25, 0.3) is 0 Å². The van der Waals surface area contributed by atoms with Crippen molar-refractivity contribution in [1.29, 1.82) is 0 Å². The van der Waals surface area contributed by atoms with E-state index in [1.54, 1.807) is 19.1 Å². The van der Waals surface area contributed by atoms with E-state index in [9.17, 15) is 18.0 Å². The lowest BCUT2D eigenvalue weighted by molar-refractivity contribution is -0.125. The highest BCUT2D eigenvalue weighted by molar-refractivity contribution is 7.89. The van der Waals surface area contributed by atoms with Gasteiger partial charge in [-0.05, 0) is 37.1 Å². The first-order valence-corrected chi connectivity index (χ1v) is 9.47. The van der Waals surface area contributed by atoms with Gasteiger partial charge in [0, 0.05) is 25.7 Å². The van der Waals surface area contributed by atoms with Crippen LogP contribution in [-0.4, -0.2) is 44.2 Å². The highest BCUT2D eigenvalue weighted by atomic mass is 32.2. The van der Waals surface area contributed by atoms with Gasteiger partial charge in [-0.2, -0.15) is 4.31 Å². The molecule has 24 heavy (non-hydrogen) atoms. The number of piperidine rings is 1. The van der Waals surface area contributed by atoms with E-state index in [1.165, 1.54) is 23.5 Å². The Bertz CT molecular complexity index is 701. The first kappa shape index (κ1) is 18.4. The standard InChI is InChI=1S/C16H23N3O4S/c1-3-15(20)18-12-7-9-13(10-8-12)24(22,23)19-11-5-4-6-14(19)16(21)17-2/h7-10,14H,3-6,11H2,1-2H3,(H,17,21)(H,18,20)/t14-/m0/s1. The summed E-state index contributed by atoms with van der Waals surface area (Å²) in [7, 11) is -2.25. The van der Waals surface area contributed by atoms with Crippen molar-refractivity contribution in [2.75, 3.05) is 18.9 Å². The maximum Gasteiger partial charge on any atom is 0.243 e. The second-order valence-corrected chi connectivity index (χ2v) is 7.56. The van der Waals surface area contributed by atoms with Crippen molar-refractivity contribution >= 4 is 27.5 Å². The fourth-order valence-corrected chi connectivity index (χ4v) is 4.37. The third kappa shape index (κ3) is 3.93. The molecule has 2 N–H and O–H groups in total. The van der Waals surface area contributed by atoms with Gasteiger partial charge in [0.25, 0.3) is 0 Å². The molecule has 0 unspecified atom stereocenters. The maximum absolute atomic E-state index is 12.9. The number of likely N-dealkylation sites (N-methyl/N-ethyl adjacent to an activating group) is 1. The van der Waals surface area contributed by atoms with Gasteiger partial charge < -0.3 is 10.6 Å². The minimum Gasteiger partial charge on any atom is -0.358 e. The molecule has 0 bridgehead atoms. The monoisotopic (exact) mass is 353 g/mol. The molecule has 1 aliphatic rings. The smallest absolute Gasteiger partial charge is 0.243 e. The Labute approximate surface area is 142 Å². The Kier molecular flexibility index (Phi) is 5.95. The number of amides is 2. The predicted molar refractivity (Wildman–Crippen MR) is 91.0 cm³/mol. The second-order valence-electron chi connectivity index (χ2n) is 5.67. The fourth-order valence-electron chi connectivity index (χ4n) is 2.72. The van der Waals surface area contributed by atoms with Gasteiger partial charge in [0.15, 0.2) is 0 Å². The summed E-state index contributed by atoms with van der Waals surface area (Å²) in [4.78, 5) is 23.5. The largest absolute Gasteiger partial charge is 0.358 e. The molecule has 1 aromatic carbocycles. The van der Waals surface area contributed by atoms with Gasteiger partial charge in [-0.25, -0.2) is 8.42 Å². The summed E-state index contributed by atoms with van der Waals surface area (Å²) in [6.07, 6.45) is 2.43. The number of nitrogens with zero attached hydrogens (tertiary/aromatic N) is 1. The number of sulfonamides is 1. The van der Waals surface area contributed by atoms with E-state index in [0.29, 0.717) is 25.1 Å². The minimum absolute atomic E-state index is 0.118. The van der Waals surface area contributed by atoms with Crippen LogP contribution in [0.15, 0.2) is 29.2 Å². The molecule has 1 heterocycles. The van der Waals surface area contributed by atoms with Crippen molar-refractivity contribution in [2.24, 2.45) is 0 Å². The number of rotatable bonds is 5. The SMILES string of the molecule is CCC(=O)Nc1ccc(S(=O)(=O)N2CCCC[C@H]2C(=O)NC)cc1. The molecule has 1 fully saturated rings. The average Bonchev–Trinajstić information content (AvgIpc) is 2.61. The molecule has 0 aromatic heterocycles. The molecular formula is C16H23N3O4S. The van der Waals surface area contributed by atoms with Gasteiger partial charge in [0.1, 0.15) is 6.04 Å². The summed E-state index contributed by atoms with van der Waals surface area (Å²) >= 11 is 0. The second kappa shape index (κ2) is 7.76. The molecule has 1 aromatic rings. The molecular weight excluding hydrogens is 330 g/mol. The molecule has 2 rings (SSSR count). The van der Waals surface area contributed by atoms with Crippen molar-refractivity contribution in [3.63, 3.8) is 0 Å². The quantitative estimate of drug-likeness (QED) is 0.835. The molecule has 1 atom stereocenters. The number of benzene rings is 1. The molecule has 1 saturated heterocycles. The molecule has 7 nitrogen and oxygen atoms in total. The molecule has 132 valence electrons. The van der Waals surface area contributed by atoms with Gasteiger partial charge in [-0.3, -0.25) is 9.59 Å². The molecule has 8 heteroatoms. The lowest BCUT2D eigenvalue weighted by Gasteiger charge is -2.33. The zero-order chi connectivity index (χ0) is 17.7. The van der Waals surface area contributed by atoms with Crippen molar-refractivity contribution in [3.05, 3.63) is 24.3 Å². The Morgan fingerprint density at radius 1 is 1.21 bits per heavy atom. The zero-order valence-corrected chi connectivity index (χ0v) is 14.7. The first-order valence-electron chi connectivity index (χ1n) is 8.03. The van der Waals surface area contributed by atoms with Crippen LogP contribution in [0, 0.1) is 0 Å². The van der Waals surface area contributed by atoms with Crippen LogP contribution in [0.3, 0.4) is 0 Å². The van der Waals surface area contributed by atoms with Crippen LogP contribution in [0.1, 0.15) is 32.6 Å². The van der Waals surface area contributed by atoms with E-state index < -0.39 is 16.1 Å². The lowest BCUT2D eigenvalue weighted by atomic mass is 10.0.